The van der Waals surface area contributed by atoms with Gasteiger partial charge in [-0.3, -0.25) is 10.1 Å². The van der Waals surface area contributed by atoms with Crippen molar-refractivity contribution in [1.29, 1.82) is 0 Å². The van der Waals surface area contributed by atoms with Crippen LogP contribution >= 0.6 is 11.3 Å². The van der Waals surface area contributed by atoms with Gasteiger partial charge < -0.3 is 10.0 Å². The quantitative estimate of drug-likeness (QED) is 0.583. The second-order valence-corrected chi connectivity index (χ2v) is 11.7. The molecule has 1 aliphatic carbocycles. The minimum absolute atomic E-state index is 0.109. The number of hydrogen-bond acceptors (Lipinski definition) is 6. The lowest BCUT2D eigenvalue weighted by molar-refractivity contribution is -0.137. The summed E-state index contributed by atoms with van der Waals surface area (Å²) in [6.45, 7) is 6.45. The topological polar surface area (TPSA) is 120 Å². The first-order valence-electron chi connectivity index (χ1n) is 10.2. The Labute approximate surface area is 182 Å². The third-order valence-electron chi connectivity index (χ3n) is 5.36. The number of likely N-dealkylation sites (N-methyl/N-ethyl adjacent to an activating group) is 1. The molecule has 0 bridgehead atoms. The summed E-state index contributed by atoms with van der Waals surface area (Å²) in [5, 5.41) is 11.8. The SMILES string of the molecule is CC(C)CCN(C(=O)Nc1ncc(S(=O)(=O)N(C)CC(=O)O)s1)C1CCC(C)CC1. The maximum atomic E-state index is 13.0. The molecule has 1 saturated carbocycles. The Morgan fingerprint density at radius 2 is 1.93 bits per heavy atom. The second kappa shape index (κ2) is 10.5. The van der Waals surface area contributed by atoms with Crippen LogP contribution in [0.3, 0.4) is 0 Å². The van der Waals surface area contributed by atoms with E-state index in [0.29, 0.717) is 18.4 Å². The Kier molecular flexibility index (Phi) is 8.62. The summed E-state index contributed by atoms with van der Waals surface area (Å²) in [5.74, 6) is -0.114. The highest BCUT2D eigenvalue weighted by Gasteiger charge is 2.29. The van der Waals surface area contributed by atoms with Gasteiger partial charge in [-0.05, 0) is 43.9 Å². The van der Waals surface area contributed by atoms with Crippen LogP contribution in [-0.2, 0) is 14.8 Å². The smallest absolute Gasteiger partial charge is 0.323 e. The van der Waals surface area contributed by atoms with Crippen molar-refractivity contribution >= 4 is 38.5 Å². The Balaban J connectivity index is 2.10. The van der Waals surface area contributed by atoms with Gasteiger partial charge in [-0.2, -0.15) is 4.31 Å². The Hall–Kier alpha value is -1.72. The van der Waals surface area contributed by atoms with E-state index in [1.165, 1.54) is 7.05 Å². The first kappa shape index (κ1) is 24.5. The van der Waals surface area contributed by atoms with Gasteiger partial charge in [0.05, 0.1) is 6.20 Å². The molecule has 0 unspecified atom stereocenters. The van der Waals surface area contributed by atoms with Crippen molar-refractivity contribution in [3.05, 3.63) is 6.20 Å². The molecule has 30 heavy (non-hydrogen) atoms. The molecule has 0 saturated heterocycles. The molecule has 0 spiro atoms. The molecular weight excluding hydrogens is 428 g/mol. The van der Waals surface area contributed by atoms with E-state index >= 15 is 0 Å². The summed E-state index contributed by atoms with van der Waals surface area (Å²) in [5.41, 5.74) is 0. The van der Waals surface area contributed by atoms with E-state index in [0.717, 1.165) is 53.9 Å². The van der Waals surface area contributed by atoms with Crippen molar-refractivity contribution in [2.75, 3.05) is 25.5 Å². The summed E-state index contributed by atoms with van der Waals surface area (Å²) in [6.07, 6.45) is 6.14. The first-order chi connectivity index (χ1) is 14.0. The van der Waals surface area contributed by atoms with Crippen LogP contribution in [-0.4, -0.2) is 65.9 Å². The Morgan fingerprint density at radius 1 is 1.30 bits per heavy atom. The molecule has 170 valence electrons. The highest BCUT2D eigenvalue weighted by molar-refractivity contribution is 7.91. The van der Waals surface area contributed by atoms with Crippen molar-refractivity contribution in [2.24, 2.45) is 11.8 Å². The minimum atomic E-state index is -3.97. The molecule has 0 aromatic carbocycles. The average molecular weight is 461 g/mol. The molecule has 0 atom stereocenters. The van der Waals surface area contributed by atoms with Crippen LogP contribution < -0.4 is 5.32 Å². The summed E-state index contributed by atoms with van der Waals surface area (Å²) in [4.78, 5) is 29.7. The van der Waals surface area contributed by atoms with Gasteiger partial charge in [0.2, 0.25) is 0 Å². The molecular formula is C19H32N4O5S2. The van der Waals surface area contributed by atoms with Gasteiger partial charge in [0.25, 0.3) is 10.0 Å². The zero-order valence-corrected chi connectivity index (χ0v) is 19.6. The molecule has 1 aliphatic rings. The zero-order valence-electron chi connectivity index (χ0n) is 18.0. The van der Waals surface area contributed by atoms with Gasteiger partial charge in [-0.15, -0.1) is 0 Å². The maximum Gasteiger partial charge on any atom is 0.323 e. The number of nitrogens with zero attached hydrogens (tertiary/aromatic N) is 3. The maximum absolute atomic E-state index is 13.0. The summed E-state index contributed by atoms with van der Waals surface area (Å²) >= 11 is 0.820. The number of aromatic nitrogens is 1. The standard InChI is InChI=1S/C19H32N4O5S2/c1-13(2)9-10-23(15-7-5-14(3)6-8-15)19(26)21-18-20-11-17(29-18)30(27,28)22(4)12-16(24)25/h11,13-15H,5-10,12H2,1-4H3,(H,24,25)(H,20,21,26). The monoisotopic (exact) mass is 460 g/mol. The Morgan fingerprint density at radius 3 is 2.50 bits per heavy atom. The van der Waals surface area contributed by atoms with E-state index in [1.54, 1.807) is 0 Å². The highest BCUT2D eigenvalue weighted by atomic mass is 32.2. The van der Waals surface area contributed by atoms with Gasteiger partial charge in [0.1, 0.15) is 6.54 Å². The number of anilines is 1. The fourth-order valence-electron chi connectivity index (χ4n) is 3.43. The van der Waals surface area contributed by atoms with E-state index in [9.17, 15) is 18.0 Å². The summed E-state index contributed by atoms with van der Waals surface area (Å²) in [7, 11) is -2.78. The van der Waals surface area contributed by atoms with Crippen LogP contribution in [0, 0.1) is 11.8 Å². The third-order valence-corrected chi connectivity index (χ3v) is 8.51. The molecule has 1 aromatic rings. The molecule has 2 amide bonds. The van der Waals surface area contributed by atoms with E-state index in [-0.39, 0.29) is 21.4 Å². The number of carbonyl (C=O) groups is 2. The van der Waals surface area contributed by atoms with E-state index < -0.39 is 22.5 Å². The van der Waals surface area contributed by atoms with Crippen molar-refractivity contribution in [2.45, 2.75) is 63.1 Å². The van der Waals surface area contributed by atoms with Crippen LogP contribution in [0.2, 0.25) is 0 Å². The molecule has 1 aromatic heterocycles. The molecule has 11 heteroatoms. The van der Waals surface area contributed by atoms with E-state index in [4.69, 9.17) is 5.11 Å². The predicted molar refractivity (Wildman–Crippen MR) is 116 cm³/mol. The molecule has 2 N–H and O–H groups in total. The molecule has 0 radical (unpaired) electrons. The number of hydrogen-bond donors (Lipinski definition) is 2. The number of nitrogens with one attached hydrogen (secondary N) is 1. The fraction of sp³-hybridized carbons (Fsp3) is 0.737. The largest absolute Gasteiger partial charge is 0.480 e. The normalized spacial score (nSPS) is 19.8. The summed E-state index contributed by atoms with van der Waals surface area (Å²) in [6, 6.07) is -0.0998. The fourth-order valence-corrected chi connectivity index (χ4v) is 5.78. The number of rotatable bonds is 9. The number of carbonyl (C=O) groups excluding carboxylic acids is 1. The predicted octanol–water partition coefficient (Wildman–Crippen LogP) is 3.31. The number of amides is 2. The lowest BCUT2D eigenvalue weighted by Crippen LogP contribution is -2.45. The molecule has 1 fully saturated rings. The van der Waals surface area contributed by atoms with Crippen LogP contribution in [0.4, 0.5) is 9.93 Å². The van der Waals surface area contributed by atoms with Gasteiger partial charge >= 0.3 is 12.0 Å². The molecule has 9 nitrogen and oxygen atoms in total. The number of carboxylic acid groups (broad SMARTS) is 1. The number of thiazole rings is 1. The van der Waals surface area contributed by atoms with Crippen LogP contribution in [0.1, 0.15) is 52.9 Å². The third kappa shape index (κ3) is 6.64. The van der Waals surface area contributed by atoms with E-state index in [1.807, 2.05) is 4.90 Å². The lowest BCUT2D eigenvalue weighted by Gasteiger charge is -2.36. The molecule has 1 heterocycles. The first-order valence-corrected chi connectivity index (χ1v) is 12.5. The highest BCUT2D eigenvalue weighted by Crippen LogP contribution is 2.29. The number of carboxylic acids is 1. The van der Waals surface area contributed by atoms with Crippen molar-refractivity contribution in [3.8, 4) is 0 Å². The van der Waals surface area contributed by atoms with E-state index in [2.05, 4.69) is 31.1 Å². The van der Waals surface area contributed by atoms with Crippen LogP contribution in [0.15, 0.2) is 10.4 Å². The zero-order chi connectivity index (χ0) is 22.5. The van der Waals surface area contributed by atoms with Crippen molar-refractivity contribution in [3.63, 3.8) is 0 Å². The van der Waals surface area contributed by atoms with Crippen molar-refractivity contribution < 1.29 is 23.1 Å². The number of urea groups is 1. The van der Waals surface area contributed by atoms with Gasteiger partial charge in [0, 0.05) is 19.6 Å². The Bertz CT molecular complexity index is 832. The van der Waals surface area contributed by atoms with Gasteiger partial charge in [-0.1, -0.05) is 32.1 Å². The van der Waals surface area contributed by atoms with Crippen LogP contribution in [0.5, 0.6) is 0 Å². The lowest BCUT2D eigenvalue weighted by atomic mass is 9.86. The average Bonchev–Trinajstić information content (AvgIpc) is 3.11. The molecule has 0 aliphatic heterocycles. The van der Waals surface area contributed by atoms with Crippen LogP contribution in [0.25, 0.3) is 0 Å². The number of aliphatic carboxylic acids is 1. The molecule has 2 rings (SSSR count). The second-order valence-electron chi connectivity index (χ2n) is 8.36. The van der Waals surface area contributed by atoms with Crippen molar-refractivity contribution in [1.82, 2.24) is 14.2 Å². The van der Waals surface area contributed by atoms with Gasteiger partial charge in [0.15, 0.2) is 9.34 Å². The minimum Gasteiger partial charge on any atom is -0.480 e. The number of sulfonamides is 1. The summed E-state index contributed by atoms with van der Waals surface area (Å²) < 4.78 is 25.6. The van der Waals surface area contributed by atoms with Gasteiger partial charge in [-0.25, -0.2) is 18.2 Å².